The summed E-state index contributed by atoms with van der Waals surface area (Å²) in [5.74, 6) is 6.30. The zero-order chi connectivity index (χ0) is 22.6. The number of hydrogen-bond donors (Lipinski definition) is 1. The molecule has 0 amide bonds. The van der Waals surface area contributed by atoms with E-state index in [1.54, 1.807) is 31.5 Å². The molecule has 2 heterocycles. The molecule has 7 nitrogen and oxygen atoms in total. The quantitative estimate of drug-likeness (QED) is 0.726. The van der Waals surface area contributed by atoms with Crippen LogP contribution in [0.3, 0.4) is 0 Å². The maximum absolute atomic E-state index is 13.4. The zero-order valence-corrected chi connectivity index (χ0v) is 19.1. The van der Waals surface area contributed by atoms with Crippen molar-refractivity contribution in [1.82, 2.24) is 14.2 Å². The number of aliphatic hydroxyl groups is 1. The molecule has 2 aromatic rings. The maximum Gasteiger partial charge on any atom is 0.247 e. The molecule has 0 saturated carbocycles. The third-order valence-corrected chi connectivity index (χ3v) is 7.24. The molecule has 3 rings (SSSR count). The molecule has 0 fully saturated rings. The average Bonchev–Trinajstić information content (AvgIpc) is 2.74. The van der Waals surface area contributed by atoms with E-state index < -0.39 is 16.1 Å². The van der Waals surface area contributed by atoms with Crippen molar-refractivity contribution in [2.75, 3.05) is 33.8 Å². The molecular weight excluding hydrogens is 414 g/mol. The van der Waals surface area contributed by atoms with Gasteiger partial charge in [0.1, 0.15) is 16.7 Å². The van der Waals surface area contributed by atoms with Crippen LogP contribution in [0, 0.1) is 17.8 Å². The topological polar surface area (TPSA) is 83.0 Å². The van der Waals surface area contributed by atoms with Crippen LogP contribution in [0.5, 0.6) is 5.75 Å². The van der Waals surface area contributed by atoms with Crippen molar-refractivity contribution in [3.63, 3.8) is 0 Å². The normalized spacial score (nSPS) is 21.7. The van der Waals surface area contributed by atoms with Crippen LogP contribution in [-0.4, -0.2) is 73.7 Å². The highest BCUT2D eigenvalue weighted by Crippen LogP contribution is 2.34. The lowest BCUT2D eigenvalue weighted by molar-refractivity contribution is 0.0812. The van der Waals surface area contributed by atoms with Crippen LogP contribution in [0.1, 0.15) is 25.0 Å². The van der Waals surface area contributed by atoms with Gasteiger partial charge in [0.25, 0.3) is 0 Å². The minimum Gasteiger partial charge on any atom is -0.487 e. The second-order valence-corrected chi connectivity index (χ2v) is 10.0. The zero-order valence-electron chi connectivity index (χ0n) is 18.3. The van der Waals surface area contributed by atoms with Gasteiger partial charge in [0, 0.05) is 48.6 Å². The molecule has 1 aliphatic rings. The minimum atomic E-state index is -3.85. The van der Waals surface area contributed by atoms with Crippen LogP contribution in [0.15, 0.2) is 47.6 Å². The highest BCUT2D eigenvalue weighted by Gasteiger charge is 2.37. The van der Waals surface area contributed by atoms with Crippen molar-refractivity contribution >= 4 is 10.0 Å². The number of pyridine rings is 1. The van der Waals surface area contributed by atoms with Crippen molar-refractivity contribution in [1.29, 1.82) is 0 Å². The first-order valence-electron chi connectivity index (χ1n) is 10.2. The third kappa shape index (κ3) is 5.43. The Morgan fingerprint density at radius 3 is 2.68 bits per heavy atom. The number of fused-ring (bicyclic) bond motifs is 1. The fourth-order valence-corrected chi connectivity index (χ4v) is 5.29. The first kappa shape index (κ1) is 23.2. The Bertz CT molecular complexity index is 1060. The van der Waals surface area contributed by atoms with E-state index in [0.717, 1.165) is 5.56 Å². The van der Waals surface area contributed by atoms with E-state index in [4.69, 9.17) is 4.74 Å². The lowest BCUT2D eigenvalue weighted by Crippen LogP contribution is -2.49. The molecule has 0 aliphatic carbocycles. The summed E-state index contributed by atoms with van der Waals surface area (Å²) in [5, 5.41) is 9.68. The molecule has 3 atom stereocenters. The van der Waals surface area contributed by atoms with E-state index in [0.29, 0.717) is 12.1 Å². The number of sulfonamides is 1. The number of ether oxygens (including phenoxy) is 1. The van der Waals surface area contributed by atoms with Crippen molar-refractivity contribution in [3.05, 3.63) is 53.9 Å². The highest BCUT2D eigenvalue weighted by molar-refractivity contribution is 7.89. The molecule has 1 aromatic carbocycles. The van der Waals surface area contributed by atoms with Crippen LogP contribution >= 0.6 is 0 Å². The largest absolute Gasteiger partial charge is 0.487 e. The Morgan fingerprint density at radius 1 is 1.29 bits per heavy atom. The van der Waals surface area contributed by atoms with Gasteiger partial charge in [0.05, 0.1) is 6.61 Å². The molecule has 0 unspecified atom stereocenters. The second kappa shape index (κ2) is 9.79. The van der Waals surface area contributed by atoms with Gasteiger partial charge in [-0.05, 0) is 51.4 Å². The van der Waals surface area contributed by atoms with Gasteiger partial charge < -0.3 is 14.7 Å². The maximum atomic E-state index is 13.4. The number of nitrogens with zero attached hydrogens (tertiary/aromatic N) is 3. The van der Waals surface area contributed by atoms with Crippen molar-refractivity contribution in [2.24, 2.45) is 5.92 Å². The highest BCUT2D eigenvalue weighted by atomic mass is 32.2. The predicted molar refractivity (Wildman–Crippen MR) is 119 cm³/mol. The summed E-state index contributed by atoms with van der Waals surface area (Å²) in [4.78, 5) is 6.16. The standard InChI is InChI=1S/C23H29N3O4S/c1-17-14-26(18(2)16-27)31(28,29)23-10-9-19(7-8-20-6-5-11-24-13-20)12-21(23)30-22(17)15-25(3)4/h5-6,9-13,17-18,22,27H,14-16H2,1-4H3/t17-,18-,22+/m1/s1. The molecule has 0 spiro atoms. The van der Waals surface area contributed by atoms with E-state index in [-0.39, 0.29) is 35.8 Å². The fourth-order valence-electron chi connectivity index (χ4n) is 3.46. The Balaban J connectivity index is 2.08. The number of hydrogen-bond acceptors (Lipinski definition) is 6. The Hall–Kier alpha value is -2.44. The summed E-state index contributed by atoms with van der Waals surface area (Å²) in [6.07, 6.45) is 3.13. The first-order chi connectivity index (χ1) is 14.7. The molecule has 166 valence electrons. The van der Waals surface area contributed by atoms with Gasteiger partial charge in [-0.1, -0.05) is 18.8 Å². The van der Waals surface area contributed by atoms with Gasteiger partial charge in [-0.2, -0.15) is 4.31 Å². The summed E-state index contributed by atoms with van der Waals surface area (Å²) in [7, 11) is 0.0634. The molecule has 1 N–H and O–H groups in total. The number of likely N-dealkylation sites (N-methyl/N-ethyl adjacent to an activating group) is 1. The van der Waals surface area contributed by atoms with Crippen LogP contribution in [-0.2, 0) is 10.0 Å². The SMILES string of the molecule is C[C@@H]1CN([C@H](C)CO)S(=O)(=O)c2ccc(C#Cc3cccnc3)cc2O[C@H]1CN(C)C. The Labute approximate surface area is 184 Å². The number of rotatable bonds is 4. The summed E-state index contributed by atoms with van der Waals surface area (Å²) >= 11 is 0. The first-order valence-corrected chi connectivity index (χ1v) is 11.7. The third-order valence-electron chi connectivity index (χ3n) is 5.22. The van der Waals surface area contributed by atoms with Crippen LogP contribution in [0.4, 0.5) is 0 Å². The van der Waals surface area contributed by atoms with Gasteiger partial charge in [-0.3, -0.25) is 4.98 Å². The number of aliphatic hydroxyl groups excluding tert-OH is 1. The van der Waals surface area contributed by atoms with Crippen LogP contribution in [0.2, 0.25) is 0 Å². The van der Waals surface area contributed by atoms with E-state index in [1.807, 2.05) is 38.1 Å². The average molecular weight is 444 g/mol. The van der Waals surface area contributed by atoms with E-state index in [2.05, 4.69) is 16.8 Å². The van der Waals surface area contributed by atoms with Crippen molar-refractivity contribution < 1.29 is 18.3 Å². The molecule has 1 aliphatic heterocycles. The molecule has 0 radical (unpaired) electrons. The van der Waals surface area contributed by atoms with E-state index in [1.165, 1.54) is 10.4 Å². The van der Waals surface area contributed by atoms with Gasteiger partial charge in [0.15, 0.2) is 0 Å². The van der Waals surface area contributed by atoms with Crippen LogP contribution in [0.25, 0.3) is 0 Å². The van der Waals surface area contributed by atoms with E-state index >= 15 is 0 Å². The van der Waals surface area contributed by atoms with E-state index in [9.17, 15) is 13.5 Å². The number of benzene rings is 1. The molecule has 1 aromatic heterocycles. The smallest absolute Gasteiger partial charge is 0.247 e. The fraction of sp³-hybridized carbons (Fsp3) is 0.435. The summed E-state index contributed by atoms with van der Waals surface area (Å²) in [6.45, 7) is 4.33. The molecule has 0 saturated heterocycles. The predicted octanol–water partition coefficient (Wildman–Crippen LogP) is 1.81. The van der Waals surface area contributed by atoms with Crippen LogP contribution < -0.4 is 4.74 Å². The molecular formula is C23H29N3O4S. The second-order valence-electron chi connectivity index (χ2n) is 8.16. The Morgan fingerprint density at radius 2 is 2.03 bits per heavy atom. The van der Waals surface area contributed by atoms with Gasteiger partial charge in [-0.25, -0.2) is 8.42 Å². The monoisotopic (exact) mass is 443 g/mol. The lowest BCUT2D eigenvalue weighted by Gasteiger charge is -2.37. The molecule has 31 heavy (non-hydrogen) atoms. The summed E-state index contributed by atoms with van der Waals surface area (Å²) in [5.41, 5.74) is 1.42. The minimum absolute atomic E-state index is 0.0792. The number of aromatic nitrogens is 1. The van der Waals surface area contributed by atoms with Gasteiger partial charge in [-0.15, -0.1) is 0 Å². The Kier molecular flexibility index (Phi) is 7.34. The molecule has 0 bridgehead atoms. The molecule has 8 heteroatoms. The lowest BCUT2D eigenvalue weighted by atomic mass is 10.0. The summed E-state index contributed by atoms with van der Waals surface area (Å²) < 4.78 is 34.5. The van der Waals surface area contributed by atoms with Crippen molar-refractivity contribution in [2.45, 2.75) is 30.9 Å². The van der Waals surface area contributed by atoms with Gasteiger partial charge >= 0.3 is 0 Å². The summed E-state index contributed by atoms with van der Waals surface area (Å²) in [6, 6.07) is 8.03. The van der Waals surface area contributed by atoms with Gasteiger partial charge in [0.2, 0.25) is 10.0 Å². The van der Waals surface area contributed by atoms with Crippen molar-refractivity contribution in [3.8, 4) is 17.6 Å².